The molecule has 5 heteroatoms. The van der Waals surface area contributed by atoms with Crippen LogP contribution in [-0.2, 0) is 0 Å². The Morgan fingerprint density at radius 2 is 2.00 bits per heavy atom. The first kappa shape index (κ1) is 11.6. The maximum absolute atomic E-state index is 10.4. The van der Waals surface area contributed by atoms with Gasteiger partial charge in [0.2, 0.25) is 0 Å². The summed E-state index contributed by atoms with van der Waals surface area (Å²) in [6.45, 7) is 0.532. The number of nitro benzene ring substituents is 1. The topological polar surface area (TPSA) is 89.4 Å². The van der Waals surface area contributed by atoms with Crippen LogP contribution in [0.5, 0.6) is 0 Å². The van der Waals surface area contributed by atoms with Crippen molar-refractivity contribution in [1.82, 2.24) is 0 Å². The van der Waals surface area contributed by atoms with Gasteiger partial charge in [0.05, 0.1) is 11.0 Å². The molecule has 0 bridgehead atoms. The molecule has 0 aliphatic heterocycles. The molecular weight excluding hydrogens is 196 g/mol. The number of nitrogens with two attached hydrogens (primary N) is 1. The van der Waals surface area contributed by atoms with Crippen LogP contribution in [0.1, 0.15) is 24.5 Å². The molecule has 3 N–H and O–H groups in total. The van der Waals surface area contributed by atoms with E-state index in [1.54, 1.807) is 12.1 Å². The maximum Gasteiger partial charge on any atom is 0.269 e. The molecule has 1 aromatic rings. The second-order valence-corrected chi connectivity index (χ2v) is 3.30. The predicted molar refractivity (Wildman–Crippen MR) is 56.3 cm³/mol. The van der Waals surface area contributed by atoms with Gasteiger partial charge in [-0.25, -0.2) is 0 Å². The molecule has 0 spiro atoms. The number of benzene rings is 1. The summed E-state index contributed by atoms with van der Waals surface area (Å²) in [6, 6.07) is 5.92. The number of nitrogens with zero attached hydrogens (tertiary/aromatic N) is 1. The monoisotopic (exact) mass is 210 g/mol. The highest BCUT2D eigenvalue weighted by Gasteiger charge is 2.09. The third kappa shape index (κ3) is 3.30. The van der Waals surface area contributed by atoms with Crippen LogP contribution in [0.3, 0.4) is 0 Å². The molecule has 0 saturated heterocycles. The summed E-state index contributed by atoms with van der Waals surface area (Å²) in [4.78, 5) is 9.92. The van der Waals surface area contributed by atoms with Crippen LogP contribution >= 0.6 is 0 Å². The zero-order valence-corrected chi connectivity index (χ0v) is 8.30. The summed E-state index contributed by atoms with van der Waals surface area (Å²) in [6.07, 6.45) is 0.723. The van der Waals surface area contributed by atoms with Crippen LogP contribution in [0.15, 0.2) is 24.3 Å². The first-order valence-electron chi connectivity index (χ1n) is 4.77. The Morgan fingerprint density at radius 3 is 2.47 bits per heavy atom. The minimum absolute atomic E-state index is 0.0322. The normalized spacial score (nSPS) is 12.4. The smallest absolute Gasteiger partial charge is 0.269 e. The zero-order valence-electron chi connectivity index (χ0n) is 8.30. The van der Waals surface area contributed by atoms with E-state index in [2.05, 4.69) is 0 Å². The Bertz CT molecular complexity index is 324. The second-order valence-electron chi connectivity index (χ2n) is 3.30. The highest BCUT2D eigenvalue weighted by molar-refractivity contribution is 5.33. The number of rotatable bonds is 5. The van der Waals surface area contributed by atoms with Crippen molar-refractivity contribution in [3.63, 3.8) is 0 Å². The summed E-state index contributed by atoms with van der Waals surface area (Å²) in [5.74, 6) is 0. The van der Waals surface area contributed by atoms with E-state index in [1.165, 1.54) is 12.1 Å². The van der Waals surface area contributed by atoms with Gasteiger partial charge in [0.25, 0.3) is 5.69 Å². The average molecular weight is 210 g/mol. The fourth-order valence-corrected chi connectivity index (χ4v) is 1.30. The molecule has 1 atom stereocenters. The lowest BCUT2D eigenvalue weighted by atomic mass is 10.0. The van der Waals surface area contributed by atoms with E-state index in [4.69, 9.17) is 5.73 Å². The third-order valence-electron chi connectivity index (χ3n) is 2.17. The van der Waals surface area contributed by atoms with E-state index in [0.29, 0.717) is 18.5 Å². The maximum atomic E-state index is 10.4. The molecule has 0 aliphatic rings. The lowest BCUT2D eigenvalue weighted by Crippen LogP contribution is -2.03. The zero-order chi connectivity index (χ0) is 11.3. The van der Waals surface area contributed by atoms with E-state index < -0.39 is 11.0 Å². The molecule has 0 saturated carbocycles. The molecule has 0 fully saturated rings. The molecular formula is C10H14N2O3. The summed E-state index contributed by atoms with van der Waals surface area (Å²) < 4.78 is 0. The molecule has 1 unspecified atom stereocenters. The van der Waals surface area contributed by atoms with Crippen molar-refractivity contribution < 1.29 is 10.0 Å². The van der Waals surface area contributed by atoms with Crippen LogP contribution in [-0.4, -0.2) is 16.6 Å². The van der Waals surface area contributed by atoms with Crippen molar-refractivity contribution in [1.29, 1.82) is 0 Å². The number of non-ortho nitro benzene ring substituents is 1. The van der Waals surface area contributed by atoms with E-state index in [0.717, 1.165) is 6.42 Å². The first-order valence-corrected chi connectivity index (χ1v) is 4.77. The van der Waals surface area contributed by atoms with Gasteiger partial charge in [-0.2, -0.15) is 0 Å². The molecule has 0 aromatic heterocycles. The van der Waals surface area contributed by atoms with Crippen molar-refractivity contribution in [2.45, 2.75) is 18.9 Å². The van der Waals surface area contributed by atoms with E-state index in [1.807, 2.05) is 0 Å². The Labute approximate surface area is 87.7 Å². The molecule has 0 radical (unpaired) electrons. The van der Waals surface area contributed by atoms with Gasteiger partial charge in [0, 0.05) is 12.1 Å². The largest absolute Gasteiger partial charge is 0.388 e. The van der Waals surface area contributed by atoms with Crippen molar-refractivity contribution in [3.8, 4) is 0 Å². The summed E-state index contributed by atoms with van der Waals surface area (Å²) in [5.41, 5.74) is 6.04. The highest BCUT2D eigenvalue weighted by atomic mass is 16.6. The summed E-state index contributed by atoms with van der Waals surface area (Å²) in [5, 5.41) is 20.0. The summed E-state index contributed by atoms with van der Waals surface area (Å²) >= 11 is 0. The molecule has 0 aliphatic carbocycles. The molecule has 1 rings (SSSR count). The standard InChI is InChI=1S/C10H14N2O3/c11-7-1-2-10(13)8-3-5-9(6-4-8)12(14)15/h3-6,10,13H,1-2,7,11H2. The molecule has 15 heavy (non-hydrogen) atoms. The van der Waals surface area contributed by atoms with Crippen molar-refractivity contribution in [2.75, 3.05) is 6.54 Å². The Balaban J connectivity index is 2.66. The summed E-state index contributed by atoms with van der Waals surface area (Å²) in [7, 11) is 0. The van der Waals surface area contributed by atoms with Gasteiger partial charge >= 0.3 is 0 Å². The van der Waals surface area contributed by atoms with Gasteiger partial charge in [-0.3, -0.25) is 10.1 Å². The van der Waals surface area contributed by atoms with Gasteiger partial charge in [0.1, 0.15) is 0 Å². The fraction of sp³-hybridized carbons (Fsp3) is 0.400. The average Bonchev–Trinajstić information content (AvgIpc) is 2.26. The second kappa shape index (κ2) is 5.43. The minimum Gasteiger partial charge on any atom is -0.388 e. The van der Waals surface area contributed by atoms with E-state index >= 15 is 0 Å². The van der Waals surface area contributed by atoms with Gasteiger partial charge in [-0.05, 0) is 37.1 Å². The highest BCUT2D eigenvalue weighted by Crippen LogP contribution is 2.20. The first-order chi connectivity index (χ1) is 7.15. The van der Waals surface area contributed by atoms with Gasteiger partial charge in [-0.1, -0.05) is 0 Å². The Hall–Kier alpha value is -1.46. The number of aliphatic hydroxyl groups is 1. The van der Waals surface area contributed by atoms with Crippen LogP contribution in [0.4, 0.5) is 5.69 Å². The molecule has 0 amide bonds. The number of nitro groups is 1. The lowest BCUT2D eigenvalue weighted by molar-refractivity contribution is -0.384. The van der Waals surface area contributed by atoms with Gasteiger partial charge < -0.3 is 10.8 Å². The van der Waals surface area contributed by atoms with Crippen LogP contribution in [0, 0.1) is 10.1 Å². The third-order valence-corrected chi connectivity index (χ3v) is 2.17. The molecule has 0 heterocycles. The van der Waals surface area contributed by atoms with Crippen LogP contribution in [0.2, 0.25) is 0 Å². The minimum atomic E-state index is -0.589. The Morgan fingerprint density at radius 1 is 1.40 bits per heavy atom. The number of hydrogen-bond donors (Lipinski definition) is 2. The van der Waals surface area contributed by atoms with Crippen molar-refractivity contribution in [2.24, 2.45) is 5.73 Å². The lowest BCUT2D eigenvalue weighted by Gasteiger charge is -2.09. The fourth-order valence-electron chi connectivity index (χ4n) is 1.30. The van der Waals surface area contributed by atoms with Gasteiger partial charge in [-0.15, -0.1) is 0 Å². The van der Waals surface area contributed by atoms with Gasteiger partial charge in [0.15, 0.2) is 0 Å². The number of hydrogen-bond acceptors (Lipinski definition) is 4. The van der Waals surface area contributed by atoms with Crippen LogP contribution in [0.25, 0.3) is 0 Å². The van der Waals surface area contributed by atoms with Crippen LogP contribution < -0.4 is 5.73 Å². The quantitative estimate of drug-likeness (QED) is 0.567. The molecule has 1 aromatic carbocycles. The predicted octanol–water partition coefficient (Wildman–Crippen LogP) is 1.37. The van der Waals surface area contributed by atoms with E-state index in [9.17, 15) is 15.2 Å². The SMILES string of the molecule is NCCCC(O)c1ccc([N+](=O)[O-])cc1. The molecule has 5 nitrogen and oxygen atoms in total. The van der Waals surface area contributed by atoms with Crippen molar-refractivity contribution >= 4 is 5.69 Å². The number of aliphatic hydroxyl groups excluding tert-OH is 1. The Kier molecular flexibility index (Phi) is 4.20. The van der Waals surface area contributed by atoms with Crippen molar-refractivity contribution in [3.05, 3.63) is 39.9 Å². The molecule has 82 valence electrons. The van der Waals surface area contributed by atoms with E-state index in [-0.39, 0.29) is 5.69 Å².